The van der Waals surface area contributed by atoms with Crippen LogP contribution in [0.2, 0.25) is 0 Å². The van der Waals surface area contributed by atoms with E-state index in [2.05, 4.69) is 11.9 Å². The Kier molecular flexibility index (Phi) is 2.34. The van der Waals surface area contributed by atoms with Crippen LogP contribution >= 0.6 is 0 Å². The normalized spacial score (nSPS) is 39.9. The monoisotopic (exact) mass is 185 g/mol. The van der Waals surface area contributed by atoms with Crippen molar-refractivity contribution < 1.29 is 9.84 Å². The molecule has 0 aromatic heterocycles. The van der Waals surface area contributed by atoms with Crippen molar-refractivity contribution in [2.24, 2.45) is 0 Å². The van der Waals surface area contributed by atoms with Crippen LogP contribution in [0, 0.1) is 0 Å². The largest absolute Gasteiger partial charge is 0.390 e. The molecule has 0 bridgehead atoms. The average molecular weight is 185 g/mol. The zero-order chi connectivity index (χ0) is 9.47. The van der Waals surface area contributed by atoms with E-state index >= 15 is 0 Å². The first kappa shape index (κ1) is 9.44. The van der Waals surface area contributed by atoms with E-state index < -0.39 is 0 Å². The third kappa shape index (κ3) is 1.73. The van der Waals surface area contributed by atoms with Crippen molar-refractivity contribution in [1.82, 2.24) is 4.90 Å². The summed E-state index contributed by atoms with van der Waals surface area (Å²) in [6.45, 7) is 4.16. The maximum Gasteiger partial charge on any atom is 0.0826 e. The molecular weight excluding hydrogens is 166 g/mol. The van der Waals surface area contributed by atoms with Gasteiger partial charge in [-0.3, -0.25) is 0 Å². The Hall–Kier alpha value is -0.120. The van der Waals surface area contributed by atoms with E-state index in [0.717, 1.165) is 32.4 Å². The van der Waals surface area contributed by atoms with E-state index in [1.54, 1.807) is 0 Å². The quantitative estimate of drug-likeness (QED) is 0.600. The predicted octanol–water partition coefficient (Wildman–Crippen LogP) is 0.620. The van der Waals surface area contributed by atoms with E-state index in [1.807, 2.05) is 6.92 Å². The Labute approximate surface area is 79.7 Å². The smallest absolute Gasteiger partial charge is 0.0826 e. The lowest BCUT2D eigenvalue weighted by molar-refractivity contribution is -0.0736. The highest BCUT2D eigenvalue weighted by Gasteiger charge is 2.45. The van der Waals surface area contributed by atoms with Gasteiger partial charge in [0.25, 0.3) is 0 Å². The van der Waals surface area contributed by atoms with Crippen LogP contribution in [0.4, 0.5) is 0 Å². The second-order valence-corrected chi connectivity index (χ2v) is 4.58. The van der Waals surface area contributed by atoms with Crippen LogP contribution in [0.5, 0.6) is 0 Å². The van der Waals surface area contributed by atoms with Gasteiger partial charge < -0.3 is 14.7 Å². The molecule has 2 rings (SSSR count). The highest BCUT2D eigenvalue weighted by molar-refractivity contribution is 4.95. The molecule has 2 aliphatic rings. The summed E-state index contributed by atoms with van der Waals surface area (Å²) < 4.78 is 5.87. The lowest BCUT2D eigenvalue weighted by atomic mass is 9.88. The van der Waals surface area contributed by atoms with Crippen molar-refractivity contribution in [3.8, 4) is 0 Å². The number of aliphatic hydroxyl groups is 1. The molecule has 1 spiro atoms. The number of piperidine rings is 1. The molecule has 1 N–H and O–H groups in total. The summed E-state index contributed by atoms with van der Waals surface area (Å²) in [6, 6.07) is 0. The fourth-order valence-electron chi connectivity index (χ4n) is 2.42. The first-order valence-electron chi connectivity index (χ1n) is 5.16. The molecular formula is C10H19NO2. The van der Waals surface area contributed by atoms with Gasteiger partial charge in [0.2, 0.25) is 0 Å². The standard InChI is InChI=1S/C10H19NO2/c1-8-9(12)7-10(13-8)3-5-11(2)6-4-10/h8-9,12H,3-7H2,1-2H3/t8?,9-/m1/s1. The zero-order valence-corrected chi connectivity index (χ0v) is 8.49. The predicted molar refractivity (Wildman–Crippen MR) is 50.6 cm³/mol. The van der Waals surface area contributed by atoms with Gasteiger partial charge in [0.15, 0.2) is 0 Å². The number of hydrogen-bond acceptors (Lipinski definition) is 3. The first-order valence-corrected chi connectivity index (χ1v) is 5.16. The van der Waals surface area contributed by atoms with Crippen LogP contribution < -0.4 is 0 Å². The van der Waals surface area contributed by atoms with Crippen LogP contribution in [0.3, 0.4) is 0 Å². The maximum atomic E-state index is 9.64. The van der Waals surface area contributed by atoms with Crippen molar-refractivity contribution in [2.45, 2.75) is 44.0 Å². The summed E-state index contributed by atoms with van der Waals surface area (Å²) in [5, 5.41) is 9.64. The Morgan fingerprint density at radius 1 is 1.38 bits per heavy atom. The van der Waals surface area contributed by atoms with Gasteiger partial charge in [-0.15, -0.1) is 0 Å². The molecule has 2 atom stereocenters. The van der Waals surface area contributed by atoms with Crippen molar-refractivity contribution in [3.63, 3.8) is 0 Å². The SMILES string of the molecule is CC1OC2(CCN(C)CC2)C[C@H]1O. The number of nitrogens with zero attached hydrogens (tertiary/aromatic N) is 1. The lowest BCUT2D eigenvalue weighted by Crippen LogP contribution is -2.42. The average Bonchev–Trinajstić information content (AvgIpc) is 2.36. The van der Waals surface area contributed by atoms with E-state index in [0.29, 0.717) is 0 Å². The van der Waals surface area contributed by atoms with Crippen LogP contribution in [0.1, 0.15) is 26.2 Å². The number of aliphatic hydroxyl groups excluding tert-OH is 1. The molecule has 0 radical (unpaired) electrons. The molecule has 0 aliphatic carbocycles. The van der Waals surface area contributed by atoms with Gasteiger partial charge in [0.05, 0.1) is 17.8 Å². The number of likely N-dealkylation sites (tertiary alicyclic amines) is 1. The third-order valence-corrected chi connectivity index (χ3v) is 3.46. The minimum Gasteiger partial charge on any atom is -0.390 e. The lowest BCUT2D eigenvalue weighted by Gasteiger charge is -2.37. The van der Waals surface area contributed by atoms with E-state index in [1.165, 1.54) is 0 Å². The van der Waals surface area contributed by atoms with E-state index in [4.69, 9.17) is 4.74 Å². The topological polar surface area (TPSA) is 32.7 Å². The second-order valence-electron chi connectivity index (χ2n) is 4.58. The Morgan fingerprint density at radius 2 is 2.00 bits per heavy atom. The summed E-state index contributed by atoms with van der Waals surface area (Å²) in [7, 11) is 2.14. The van der Waals surface area contributed by atoms with Crippen LogP contribution in [-0.4, -0.2) is 48.0 Å². The Morgan fingerprint density at radius 3 is 2.46 bits per heavy atom. The van der Waals surface area contributed by atoms with Gasteiger partial charge in [-0.2, -0.15) is 0 Å². The fourth-order valence-corrected chi connectivity index (χ4v) is 2.42. The molecule has 0 amide bonds. The van der Waals surface area contributed by atoms with Crippen LogP contribution in [-0.2, 0) is 4.74 Å². The van der Waals surface area contributed by atoms with Crippen molar-refractivity contribution in [3.05, 3.63) is 0 Å². The molecule has 3 nitrogen and oxygen atoms in total. The number of hydrogen-bond donors (Lipinski definition) is 1. The van der Waals surface area contributed by atoms with Gasteiger partial charge in [0, 0.05) is 19.5 Å². The summed E-state index contributed by atoms with van der Waals surface area (Å²) in [4.78, 5) is 2.32. The molecule has 13 heavy (non-hydrogen) atoms. The molecule has 2 saturated heterocycles. The Balaban J connectivity index is 1.99. The summed E-state index contributed by atoms with van der Waals surface area (Å²) >= 11 is 0. The van der Waals surface area contributed by atoms with Crippen molar-refractivity contribution in [1.29, 1.82) is 0 Å². The maximum absolute atomic E-state index is 9.64. The highest BCUT2D eigenvalue weighted by atomic mass is 16.5. The second kappa shape index (κ2) is 3.23. The van der Waals surface area contributed by atoms with Gasteiger partial charge in [-0.25, -0.2) is 0 Å². The summed E-state index contributed by atoms with van der Waals surface area (Å²) in [5.41, 5.74) is 0.00530. The molecule has 2 heterocycles. The third-order valence-electron chi connectivity index (χ3n) is 3.46. The first-order chi connectivity index (χ1) is 6.11. The molecule has 2 fully saturated rings. The fraction of sp³-hybridized carbons (Fsp3) is 1.00. The number of ether oxygens (including phenoxy) is 1. The number of rotatable bonds is 0. The van der Waals surface area contributed by atoms with E-state index in [-0.39, 0.29) is 17.8 Å². The van der Waals surface area contributed by atoms with Crippen LogP contribution in [0.25, 0.3) is 0 Å². The molecule has 3 heteroatoms. The van der Waals surface area contributed by atoms with E-state index in [9.17, 15) is 5.11 Å². The van der Waals surface area contributed by atoms with Gasteiger partial charge in [-0.05, 0) is 26.8 Å². The highest BCUT2D eigenvalue weighted by Crippen LogP contribution is 2.38. The zero-order valence-electron chi connectivity index (χ0n) is 8.49. The molecule has 76 valence electrons. The molecule has 0 saturated carbocycles. The van der Waals surface area contributed by atoms with Crippen molar-refractivity contribution in [2.75, 3.05) is 20.1 Å². The van der Waals surface area contributed by atoms with Crippen molar-refractivity contribution >= 4 is 0 Å². The van der Waals surface area contributed by atoms with Gasteiger partial charge >= 0.3 is 0 Å². The summed E-state index contributed by atoms with van der Waals surface area (Å²) in [6.07, 6.45) is 2.77. The van der Waals surface area contributed by atoms with Gasteiger partial charge in [0.1, 0.15) is 0 Å². The molecule has 0 aromatic carbocycles. The minimum atomic E-state index is -0.247. The molecule has 0 aromatic rings. The van der Waals surface area contributed by atoms with Gasteiger partial charge in [-0.1, -0.05) is 0 Å². The summed E-state index contributed by atoms with van der Waals surface area (Å²) in [5.74, 6) is 0. The molecule has 1 unspecified atom stereocenters. The minimum absolute atomic E-state index is 0.00530. The molecule has 2 aliphatic heterocycles. The van der Waals surface area contributed by atoms with Crippen LogP contribution in [0.15, 0.2) is 0 Å². The Bertz CT molecular complexity index is 175.